The fraction of sp³-hybridized carbons (Fsp3) is 0.722. The lowest BCUT2D eigenvalue weighted by Crippen LogP contribution is -2.38. The van der Waals surface area contributed by atoms with Gasteiger partial charge in [0.15, 0.2) is 0 Å². The van der Waals surface area contributed by atoms with E-state index >= 15 is 0 Å². The smallest absolute Gasteiger partial charge is 0.267 e. The Labute approximate surface area is 159 Å². The second-order valence-electron chi connectivity index (χ2n) is 6.98. The lowest BCUT2D eigenvalue weighted by atomic mass is 9.91. The zero-order valence-electron chi connectivity index (χ0n) is 14.7. The third-order valence-corrected chi connectivity index (χ3v) is 5.20. The van der Waals surface area contributed by atoms with Crippen molar-refractivity contribution in [2.24, 2.45) is 0 Å². The van der Waals surface area contributed by atoms with Crippen molar-refractivity contribution in [2.45, 2.75) is 70.3 Å². The van der Waals surface area contributed by atoms with Gasteiger partial charge in [-0.15, -0.1) is 17.0 Å². The standard InChI is InChI=1S/C18H28N4O2.BrH/c23-17(20-11-10-19-13-6-2-1-3-7-13)12-16-14-8-4-5-9-15(14)18(24)22-21-16;/h13,19H,1-12H2,(H,20,23)(H,22,24);1H. The lowest BCUT2D eigenvalue weighted by molar-refractivity contribution is -0.120. The maximum absolute atomic E-state index is 12.2. The molecule has 1 heterocycles. The molecule has 140 valence electrons. The summed E-state index contributed by atoms with van der Waals surface area (Å²) in [6.07, 6.45) is 10.5. The number of carbonyl (C=O) groups is 1. The Bertz CT molecular complexity index is 626. The van der Waals surface area contributed by atoms with Crippen LogP contribution in [-0.2, 0) is 24.1 Å². The van der Waals surface area contributed by atoms with E-state index in [4.69, 9.17) is 0 Å². The molecule has 1 amide bonds. The van der Waals surface area contributed by atoms with Gasteiger partial charge in [-0.05, 0) is 44.1 Å². The average molecular weight is 413 g/mol. The number of nitrogens with zero attached hydrogens (tertiary/aromatic N) is 1. The molecular weight excluding hydrogens is 384 g/mol. The quantitative estimate of drug-likeness (QED) is 0.621. The number of aromatic nitrogens is 2. The molecule has 1 aromatic heterocycles. The number of hydrogen-bond donors (Lipinski definition) is 3. The average Bonchev–Trinajstić information content (AvgIpc) is 2.62. The van der Waals surface area contributed by atoms with Gasteiger partial charge in [0.05, 0.1) is 12.1 Å². The fourth-order valence-electron chi connectivity index (χ4n) is 3.87. The minimum Gasteiger partial charge on any atom is -0.354 e. The van der Waals surface area contributed by atoms with Crippen LogP contribution >= 0.6 is 17.0 Å². The second-order valence-corrected chi connectivity index (χ2v) is 6.98. The number of halogens is 1. The molecule has 6 nitrogen and oxygen atoms in total. The number of rotatable bonds is 6. The van der Waals surface area contributed by atoms with Crippen molar-refractivity contribution in [3.05, 3.63) is 27.2 Å². The molecule has 1 aromatic rings. The molecule has 0 saturated heterocycles. The molecule has 3 N–H and O–H groups in total. The van der Waals surface area contributed by atoms with Crippen LogP contribution in [0, 0.1) is 0 Å². The number of aromatic amines is 1. The molecule has 1 fully saturated rings. The van der Waals surface area contributed by atoms with Crippen LogP contribution in [0.15, 0.2) is 4.79 Å². The topological polar surface area (TPSA) is 86.9 Å². The monoisotopic (exact) mass is 412 g/mol. The molecule has 2 aliphatic rings. The van der Waals surface area contributed by atoms with E-state index in [0.717, 1.165) is 49.0 Å². The predicted octanol–water partition coefficient (Wildman–Crippen LogP) is 1.81. The summed E-state index contributed by atoms with van der Waals surface area (Å²) >= 11 is 0. The molecule has 3 rings (SSSR count). The maximum Gasteiger partial charge on any atom is 0.267 e. The van der Waals surface area contributed by atoms with Gasteiger partial charge in [0.1, 0.15) is 0 Å². The maximum atomic E-state index is 12.2. The third-order valence-electron chi connectivity index (χ3n) is 5.20. The van der Waals surface area contributed by atoms with Crippen molar-refractivity contribution in [1.82, 2.24) is 20.8 Å². The zero-order chi connectivity index (χ0) is 16.8. The molecule has 25 heavy (non-hydrogen) atoms. The SMILES string of the molecule is Br.O=C(Cc1n[nH]c(=O)c2c1CCCC2)NCCNC1CCCCC1. The highest BCUT2D eigenvalue weighted by Gasteiger charge is 2.19. The summed E-state index contributed by atoms with van der Waals surface area (Å²) in [5, 5.41) is 13.1. The van der Waals surface area contributed by atoms with Gasteiger partial charge >= 0.3 is 0 Å². The Morgan fingerprint density at radius 3 is 2.52 bits per heavy atom. The van der Waals surface area contributed by atoms with Crippen LogP contribution in [0.2, 0.25) is 0 Å². The van der Waals surface area contributed by atoms with E-state index in [1.807, 2.05) is 0 Å². The van der Waals surface area contributed by atoms with Crippen molar-refractivity contribution in [3.63, 3.8) is 0 Å². The highest BCUT2D eigenvalue weighted by Crippen LogP contribution is 2.20. The summed E-state index contributed by atoms with van der Waals surface area (Å²) < 4.78 is 0. The van der Waals surface area contributed by atoms with Gasteiger partial charge in [-0.1, -0.05) is 19.3 Å². The highest BCUT2D eigenvalue weighted by molar-refractivity contribution is 8.93. The number of carbonyl (C=O) groups excluding carboxylic acids is 1. The van der Waals surface area contributed by atoms with Crippen molar-refractivity contribution in [1.29, 1.82) is 0 Å². The largest absolute Gasteiger partial charge is 0.354 e. The number of H-pyrrole nitrogens is 1. The van der Waals surface area contributed by atoms with E-state index in [2.05, 4.69) is 20.8 Å². The van der Waals surface area contributed by atoms with E-state index in [1.54, 1.807) is 0 Å². The molecule has 0 atom stereocenters. The summed E-state index contributed by atoms with van der Waals surface area (Å²) in [7, 11) is 0. The van der Waals surface area contributed by atoms with Crippen LogP contribution in [-0.4, -0.2) is 35.2 Å². The molecule has 0 aromatic carbocycles. The van der Waals surface area contributed by atoms with Gasteiger partial charge in [0.2, 0.25) is 5.91 Å². The van der Waals surface area contributed by atoms with Crippen LogP contribution < -0.4 is 16.2 Å². The Balaban J connectivity index is 0.00000225. The van der Waals surface area contributed by atoms with Gasteiger partial charge in [-0.3, -0.25) is 9.59 Å². The Morgan fingerprint density at radius 2 is 1.76 bits per heavy atom. The van der Waals surface area contributed by atoms with Crippen LogP contribution in [0.5, 0.6) is 0 Å². The molecule has 1 saturated carbocycles. The minimum atomic E-state index is -0.0921. The first-order valence-corrected chi connectivity index (χ1v) is 9.33. The van der Waals surface area contributed by atoms with Gasteiger partial charge in [0.25, 0.3) is 5.56 Å². The first kappa shape index (κ1) is 20.1. The van der Waals surface area contributed by atoms with Crippen molar-refractivity contribution >= 4 is 22.9 Å². The summed E-state index contributed by atoms with van der Waals surface area (Å²) in [6, 6.07) is 0.614. The van der Waals surface area contributed by atoms with E-state index in [1.165, 1.54) is 32.1 Å². The third kappa shape index (κ3) is 5.64. The lowest BCUT2D eigenvalue weighted by Gasteiger charge is -2.22. The first-order chi connectivity index (χ1) is 11.7. The van der Waals surface area contributed by atoms with Crippen molar-refractivity contribution < 1.29 is 4.79 Å². The van der Waals surface area contributed by atoms with E-state index in [9.17, 15) is 9.59 Å². The van der Waals surface area contributed by atoms with Gasteiger partial charge in [0, 0.05) is 24.7 Å². The molecule has 2 aliphatic carbocycles. The Kier molecular flexibility index (Phi) is 8.09. The molecule has 7 heteroatoms. The van der Waals surface area contributed by atoms with E-state index in [0.29, 0.717) is 12.6 Å². The molecule has 0 radical (unpaired) electrons. The molecule has 0 bridgehead atoms. The summed E-state index contributed by atoms with van der Waals surface area (Å²) in [4.78, 5) is 24.0. The molecular formula is C18H29BrN4O2. The Morgan fingerprint density at radius 1 is 1.04 bits per heavy atom. The predicted molar refractivity (Wildman–Crippen MR) is 103 cm³/mol. The summed E-state index contributed by atoms with van der Waals surface area (Å²) in [5.41, 5.74) is 2.48. The first-order valence-electron chi connectivity index (χ1n) is 9.33. The van der Waals surface area contributed by atoms with Crippen LogP contribution in [0.3, 0.4) is 0 Å². The normalized spacial score (nSPS) is 17.4. The summed E-state index contributed by atoms with van der Waals surface area (Å²) in [6.45, 7) is 1.45. The van der Waals surface area contributed by atoms with Crippen LogP contribution in [0.25, 0.3) is 0 Å². The van der Waals surface area contributed by atoms with Crippen molar-refractivity contribution in [2.75, 3.05) is 13.1 Å². The number of amides is 1. The van der Waals surface area contributed by atoms with E-state index < -0.39 is 0 Å². The highest BCUT2D eigenvalue weighted by atomic mass is 79.9. The van der Waals surface area contributed by atoms with Crippen LogP contribution in [0.1, 0.15) is 61.8 Å². The van der Waals surface area contributed by atoms with Gasteiger partial charge < -0.3 is 10.6 Å². The second kappa shape index (κ2) is 10.1. The van der Waals surface area contributed by atoms with Gasteiger partial charge in [-0.25, -0.2) is 5.10 Å². The molecule has 0 unspecified atom stereocenters. The van der Waals surface area contributed by atoms with Crippen LogP contribution in [0.4, 0.5) is 0 Å². The van der Waals surface area contributed by atoms with Gasteiger partial charge in [-0.2, -0.15) is 5.10 Å². The fourth-order valence-corrected chi connectivity index (χ4v) is 3.87. The Hall–Kier alpha value is -1.21. The number of fused-ring (bicyclic) bond motifs is 1. The summed E-state index contributed by atoms with van der Waals surface area (Å²) in [5.74, 6) is -0.0206. The van der Waals surface area contributed by atoms with Crippen molar-refractivity contribution in [3.8, 4) is 0 Å². The number of nitrogens with one attached hydrogen (secondary N) is 3. The zero-order valence-corrected chi connectivity index (χ0v) is 16.4. The molecule has 0 spiro atoms. The van der Waals surface area contributed by atoms with E-state index in [-0.39, 0.29) is 34.9 Å². The molecule has 0 aliphatic heterocycles. The number of hydrogen-bond acceptors (Lipinski definition) is 4. The minimum absolute atomic E-state index is 0.